The van der Waals surface area contributed by atoms with E-state index in [1.165, 1.54) is 6.07 Å². The number of hydrogen-bond acceptors (Lipinski definition) is 2. The van der Waals surface area contributed by atoms with Crippen LogP contribution in [0.3, 0.4) is 0 Å². The first kappa shape index (κ1) is 10.3. The van der Waals surface area contributed by atoms with Crippen molar-refractivity contribution in [2.45, 2.75) is 6.61 Å². The van der Waals surface area contributed by atoms with Gasteiger partial charge in [-0.05, 0) is 6.07 Å². The van der Waals surface area contributed by atoms with Gasteiger partial charge >= 0.3 is 6.61 Å². The van der Waals surface area contributed by atoms with Crippen LogP contribution in [0, 0.1) is 23.0 Å². The molecule has 0 amide bonds. The van der Waals surface area contributed by atoms with Crippen LogP contribution in [0.25, 0.3) is 0 Å². The van der Waals surface area contributed by atoms with Crippen LogP contribution in [0.5, 0.6) is 5.75 Å². The first-order valence-corrected chi connectivity index (χ1v) is 3.38. The monoisotopic (exact) mass is 205 g/mol. The van der Waals surface area contributed by atoms with Crippen LogP contribution in [0.2, 0.25) is 0 Å². The van der Waals surface area contributed by atoms with E-state index in [1.54, 1.807) is 0 Å². The van der Waals surface area contributed by atoms with E-state index in [-0.39, 0.29) is 0 Å². The van der Waals surface area contributed by atoms with Gasteiger partial charge in [0.05, 0.1) is 5.56 Å². The highest BCUT2D eigenvalue weighted by Crippen LogP contribution is 2.22. The Morgan fingerprint density at radius 3 is 2.36 bits per heavy atom. The van der Waals surface area contributed by atoms with E-state index >= 15 is 0 Å². The van der Waals surface area contributed by atoms with Gasteiger partial charge in [-0.3, -0.25) is 0 Å². The molecule has 0 aliphatic carbocycles. The van der Waals surface area contributed by atoms with E-state index in [2.05, 4.69) is 4.74 Å². The minimum Gasteiger partial charge on any atom is -0.432 e. The zero-order valence-electron chi connectivity index (χ0n) is 6.60. The molecule has 0 atom stereocenters. The summed E-state index contributed by atoms with van der Waals surface area (Å²) in [5.41, 5.74) is -0.566. The van der Waals surface area contributed by atoms with Gasteiger partial charge in [0.2, 0.25) is 0 Å². The highest BCUT2D eigenvalue weighted by Gasteiger charge is 2.14. The van der Waals surface area contributed by atoms with Crippen LogP contribution < -0.4 is 4.74 Å². The summed E-state index contributed by atoms with van der Waals surface area (Å²) in [6, 6.07) is 2.25. The van der Waals surface area contributed by atoms with Crippen molar-refractivity contribution < 1.29 is 22.3 Å². The number of nitriles is 1. The number of hydrogen-bond donors (Lipinski definition) is 0. The molecule has 74 valence electrons. The third-order valence-corrected chi connectivity index (χ3v) is 1.36. The van der Waals surface area contributed by atoms with Crippen LogP contribution in [0.15, 0.2) is 12.1 Å². The number of benzene rings is 1. The second kappa shape index (κ2) is 3.96. The molecule has 0 heterocycles. The van der Waals surface area contributed by atoms with Crippen LogP contribution in [0.4, 0.5) is 17.6 Å². The van der Waals surface area contributed by atoms with Crippen LogP contribution in [-0.4, -0.2) is 6.61 Å². The molecule has 0 radical (unpaired) electrons. The molecule has 0 spiro atoms. The molecule has 1 rings (SSSR count). The van der Waals surface area contributed by atoms with E-state index in [9.17, 15) is 17.6 Å². The third-order valence-electron chi connectivity index (χ3n) is 1.36. The summed E-state index contributed by atoms with van der Waals surface area (Å²) >= 11 is 0. The van der Waals surface area contributed by atoms with E-state index in [4.69, 9.17) is 5.26 Å². The summed E-state index contributed by atoms with van der Waals surface area (Å²) < 4.78 is 52.5. The maximum Gasteiger partial charge on any atom is 0.387 e. The normalized spacial score (nSPS) is 10.0. The number of halogens is 4. The second-order valence-corrected chi connectivity index (χ2v) is 2.25. The van der Waals surface area contributed by atoms with Crippen LogP contribution in [0.1, 0.15) is 5.56 Å². The van der Waals surface area contributed by atoms with E-state index < -0.39 is 29.6 Å². The van der Waals surface area contributed by atoms with Gasteiger partial charge in [-0.2, -0.15) is 14.0 Å². The SMILES string of the molecule is N#Cc1cc(F)c(OC(F)F)cc1F. The fourth-order valence-electron chi connectivity index (χ4n) is 0.801. The van der Waals surface area contributed by atoms with Gasteiger partial charge in [0.15, 0.2) is 11.6 Å². The first-order chi connectivity index (χ1) is 6.54. The highest BCUT2D eigenvalue weighted by atomic mass is 19.3. The van der Waals surface area contributed by atoms with Crippen molar-refractivity contribution in [3.8, 4) is 11.8 Å². The Labute approximate surface area is 76.3 Å². The molecule has 0 aliphatic rings. The quantitative estimate of drug-likeness (QED) is 0.694. The molecule has 2 nitrogen and oxygen atoms in total. The van der Waals surface area contributed by atoms with Gasteiger partial charge in [0.25, 0.3) is 0 Å². The number of nitrogens with zero attached hydrogens (tertiary/aromatic N) is 1. The topological polar surface area (TPSA) is 33.0 Å². The standard InChI is InChI=1S/C8H3F4NO/c9-5-2-7(14-8(11)12)6(10)1-4(5)3-13/h1-2,8H. The summed E-state index contributed by atoms with van der Waals surface area (Å²) in [6.45, 7) is -3.24. The highest BCUT2D eigenvalue weighted by molar-refractivity contribution is 5.37. The van der Waals surface area contributed by atoms with Crippen molar-refractivity contribution in [1.29, 1.82) is 5.26 Å². The van der Waals surface area contributed by atoms with E-state index in [1.807, 2.05) is 0 Å². The summed E-state index contributed by atoms with van der Waals surface area (Å²) in [4.78, 5) is 0. The maximum atomic E-state index is 12.8. The summed E-state index contributed by atoms with van der Waals surface area (Å²) in [7, 11) is 0. The van der Waals surface area contributed by atoms with Crippen molar-refractivity contribution >= 4 is 0 Å². The summed E-state index contributed by atoms with van der Waals surface area (Å²) in [5.74, 6) is -3.23. The Kier molecular flexibility index (Phi) is 2.92. The van der Waals surface area contributed by atoms with Crippen molar-refractivity contribution in [2.75, 3.05) is 0 Å². The molecule has 0 N–H and O–H groups in total. The van der Waals surface area contributed by atoms with E-state index in [0.717, 1.165) is 0 Å². The lowest BCUT2D eigenvalue weighted by Gasteiger charge is -2.05. The molecular weight excluding hydrogens is 202 g/mol. The Hall–Kier alpha value is -1.77. The summed E-state index contributed by atoms with van der Waals surface area (Å²) in [5, 5.41) is 8.27. The number of alkyl halides is 2. The fourth-order valence-corrected chi connectivity index (χ4v) is 0.801. The number of rotatable bonds is 2. The predicted octanol–water partition coefficient (Wildman–Crippen LogP) is 2.44. The lowest BCUT2D eigenvalue weighted by atomic mass is 10.2. The molecule has 0 saturated carbocycles. The molecule has 6 heteroatoms. The summed E-state index contributed by atoms with van der Waals surface area (Å²) in [6.07, 6.45) is 0. The molecule has 0 fully saturated rings. The van der Waals surface area contributed by atoms with Gasteiger partial charge in [-0.1, -0.05) is 0 Å². The predicted molar refractivity (Wildman–Crippen MR) is 37.7 cm³/mol. The minimum absolute atomic E-state index is 0.403. The Morgan fingerprint density at radius 2 is 1.86 bits per heavy atom. The van der Waals surface area contributed by atoms with Crippen molar-refractivity contribution in [2.24, 2.45) is 0 Å². The van der Waals surface area contributed by atoms with Gasteiger partial charge < -0.3 is 4.74 Å². The lowest BCUT2D eigenvalue weighted by molar-refractivity contribution is -0.0523. The molecule has 14 heavy (non-hydrogen) atoms. The van der Waals surface area contributed by atoms with Gasteiger partial charge in [0, 0.05) is 6.07 Å². The van der Waals surface area contributed by atoms with Crippen molar-refractivity contribution in [3.05, 3.63) is 29.3 Å². The smallest absolute Gasteiger partial charge is 0.387 e. The molecule has 0 aliphatic heterocycles. The zero-order chi connectivity index (χ0) is 10.7. The van der Waals surface area contributed by atoms with Crippen LogP contribution >= 0.6 is 0 Å². The Bertz CT molecular complexity index is 386. The first-order valence-electron chi connectivity index (χ1n) is 3.38. The van der Waals surface area contributed by atoms with Crippen molar-refractivity contribution in [3.63, 3.8) is 0 Å². The van der Waals surface area contributed by atoms with Gasteiger partial charge in [-0.25, -0.2) is 8.78 Å². The molecule has 1 aromatic rings. The molecule has 0 saturated heterocycles. The van der Waals surface area contributed by atoms with Crippen molar-refractivity contribution in [1.82, 2.24) is 0 Å². The minimum atomic E-state index is -3.24. The van der Waals surface area contributed by atoms with Crippen LogP contribution in [-0.2, 0) is 0 Å². The maximum absolute atomic E-state index is 12.8. The molecule has 0 bridgehead atoms. The van der Waals surface area contributed by atoms with Gasteiger partial charge in [-0.15, -0.1) is 0 Å². The lowest BCUT2D eigenvalue weighted by Crippen LogP contribution is -2.04. The number of ether oxygens (including phenoxy) is 1. The molecular formula is C8H3F4NO. The fraction of sp³-hybridized carbons (Fsp3) is 0.125. The Balaban J connectivity index is 3.10. The largest absolute Gasteiger partial charge is 0.432 e. The third kappa shape index (κ3) is 2.13. The van der Waals surface area contributed by atoms with Gasteiger partial charge in [0.1, 0.15) is 11.9 Å². The Morgan fingerprint density at radius 1 is 1.21 bits per heavy atom. The molecule has 0 aromatic heterocycles. The van der Waals surface area contributed by atoms with E-state index in [0.29, 0.717) is 12.1 Å². The average Bonchev–Trinajstić information content (AvgIpc) is 2.10. The molecule has 1 aromatic carbocycles. The average molecular weight is 205 g/mol. The zero-order valence-corrected chi connectivity index (χ0v) is 6.60. The second-order valence-electron chi connectivity index (χ2n) is 2.25. The molecule has 0 unspecified atom stereocenters.